The highest BCUT2D eigenvalue weighted by atomic mass is 79.9. The molecule has 0 saturated carbocycles. The Labute approximate surface area is 223 Å². The van der Waals surface area contributed by atoms with Crippen LogP contribution in [0.25, 0.3) is 10.6 Å². The maximum atomic E-state index is 12.5. The van der Waals surface area contributed by atoms with E-state index in [0.29, 0.717) is 26.4 Å². The van der Waals surface area contributed by atoms with Crippen molar-refractivity contribution in [3.63, 3.8) is 0 Å². The highest BCUT2D eigenvalue weighted by Gasteiger charge is 2.17. The fraction of sp³-hybridized carbons (Fsp3) is 0.0400. The van der Waals surface area contributed by atoms with E-state index < -0.39 is 17.8 Å². The van der Waals surface area contributed by atoms with Gasteiger partial charge in [-0.25, -0.2) is 10.2 Å². The van der Waals surface area contributed by atoms with E-state index in [0.717, 1.165) is 16.9 Å². The quantitative estimate of drug-likeness (QED) is 0.110. The summed E-state index contributed by atoms with van der Waals surface area (Å²) in [5.74, 6) is -1.76. The Balaban J connectivity index is 1.37. The third kappa shape index (κ3) is 6.84. The van der Waals surface area contributed by atoms with Crippen molar-refractivity contribution in [1.29, 1.82) is 0 Å². The van der Waals surface area contributed by atoms with Crippen molar-refractivity contribution in [3.05, 3.63) is 88.4 Å². The molecular formula is C25H18BrN5O5S. The molecule has 0 bridgehead atoms. The number of nitrogens with one attached hydrogen (secondary N) is 2. The van der Waals surface area contributed by atoms with Gasteiger partial charge in [-0.2, -0.15) is 5.10 Å². The van der Waals surface area contributed by atoms with Gasteiger partial charge in [-0.15, -0.1) is 10.2 Å². The average Bonchev–Trinajstić information content (AvgIpc) is 3.39. The molecule has 0 unspecified atom stereocenters. The summed E-state index contributed by atoms with van der Waals surface area (Å²) in [6.07, 6.45) is 1.25. The maximum Gasteiger partial charge on any atom is 0.343 e. The Hall–Kier alpha value is -4.42. The first-order valence-corrected chi connectivity index (χ1v) is 12.2. The fourth-order valence-corrected chi connectivity index (χ4v) is 4.06. The minimum atomic E-state index is -1.01. The Morgan fingerprint density at radius 3 is 2.46 bits per heavy atom. The highest BCUT2D eigenvalue weighted by molar-refractivity contribution is 9.10. The van der Waals surface area contributed by atoms with Crippen molar-refractivity contribution in [1.82, 2.24) is 15.6 Å². The molecule has 12 heteroatoms. The second kappa shape index (κ2) is 12.0. The first-order chi connectivity index (χ1) is 17.9. The molecule has 3 aromatic carbocycles. The van der Waals surface area contributed by atoms with Crippen LogP contribution in [0.4, 0.5) is 5.13 Å². The molecule has 0 aliphatic rings. The monoisotopic (exact) mass is 579 g/mol. The van der Waals surface area contributed by atoms with Crippen LogP contribution >= 0.6 is 27.3 Å². The summed E-state index contributed by atoms with van der Waals surface area (Å²) >= 11 is 4.47. The molecule has 1 aromatic heterocycles. The minimum absolute atomic E-state index is 0.169. The van der Waals surface area contributed by atoms with Gasteiger partial charge in [0.15, 0.2) is 0 Å². The number of anilines is 1. The third-order valence-electron chi connectivity index (χ3n) is 4.74. The predicted octanol–water partition coefficient (Wildman–Crippen LogP) is 4.28. The number of hydrazone groups is 1. The van der Waals surface area contributed by atoms with Gasteiger partial charge >= 0.3 is 17.8 Å². The van der Waals surface area contributed by atoms with Crippen molar-refractivity contribution in [2.75, 3.05) is 12.4 Å². The number of rotatable bonds is 7. The molecule has 0 atom stereocenters. The zero-order valence-electron chi connectivity index (χ0n) is 19.2. The summed E-state index contributed by atoms with van der Waals surface area (Å²) < 4.78 is 11.3. The molecule has 0 aliphatic carbocycles. The molecule has 10 nitrogen and oxygen atoms in total. The lowest BCUT2D eigenvalue weighted by molar-refractivity contribution is -0.136. The number of hydrogen-bond donors (Lipinski definition) is 2. The summed E-state index contributed by atoms with van der Waals surface area (Å²) in [5, 5.41) is 14.9. The van der Waals surface area contributed by atoms with Gasteiger partial charge in [-0.1, -0.05) is 57.6 Å². The van der Waals surface area contributed by atoms with Crippen LogP contribution in [0, 0.1) is 0 Å². The number of benzene rings is 3. The molecule has 37 heavy (non-hydrogen) atoms. The molecule has 1 heterocycles. The minimum Gasteiger partial charge on any atom is -0.497 e. The summed E-state index contributed by atoms with van der Waals surface area (Å²) in [4.78, 5) is 37.0. The van der Waals surface area contributed by atoms with Crippen LogP contribution in [-0.4, -0.2) is 41.3 Å². The van der Waals surface area contributed by atoms with Gasteiger partial charge in [-0.05, 0) is 42.5 Å². The largest absolute Gasteiger partial charge is 0.497 e. The molecule has 4 rings (SSSR count). The first kappa shape index (κ1) is 25.7. The molecule has 0 spiro atoms. The third-order valence-corrected chi connectivity index (χ3v) is 6.12. The standard InChI is InChI=1S/C25H18BrN5O5S/c1-35-19-10-7-16(8-11-19)24(34)36-20-12-9-18(26)13-17(20)14-27-29-22(33)21(32)28-25-31-30-23(37-25)15-5-3-2-4-6-15/h2-14H,1H3,(H,29,33)(H,28,31,32)/b27-14-. The average molecular weight is 580 g/mol. The molecular weight excluding hydrogens is 562 g/mol. The molecule has 2 amide bonds. The summed E-state index contributed by atoms with van der Waals surface area (Å²) in [6.45, 7) is 0. The summed E-state index contributed by atoms with van der Waals surface area (Å²) in [7, 11) is 1.53. The highest BCUT2D eigenvalue weighted by Crippen LogP contribution is 2.26. The zero-order valence-corrected chi connectivity index (χ0v) is 21.6. The van der Waals surface area contributed by atoms with E-state index in [2.05, 4.69) is 42.0 Å². The van der Waals surface area contributed by atoms with Gasteiger partial charge in [0.25, 0.3) is 0 Å². The molecule has 186 valence electrons. The smallest absolute Gasteiger partial charge is 0.343 e. The van der Waals surface area contributed by atoms with E-state index in [-0.39, 0.29) is 10.9 Å². The Morgan fingerprint density at radius 1 is 0.973 bits per heavy atom. The van der Waals surface area contributed by atoms with Gasteiger partial charge in [0.05, 0.1) is 18.9 Å². The summed E-state index contributed by atoms with van der Waals surface area (Å²) in [5.41, 5.74) is 3.68. The van der Waals surface area contributed by atoms with Gasteiger partial charge in [0.2, 0.25) is 5.13 Å². The van der Waals surface area contributed by atoms with Crippen LogP contribution in [0.15, 0.2) is 82.4 Å². The molecule has 4 aromatic rings. The van der Waals surface area contributed by atoms with Crippen molar-refractivity contribution in [2.45, 2.75) is 0 Å². The first-order valence-electron chi connectivity index (χ1n) is 10.6. The number of nitrogens with zero attached hydrogens (tertiary/aromatic N) is 3. The van der Waals surface area contributed by atoms with Crippen LogP contribution in [0.2, 0.25) is 0 Å². The van der Waals surface area contributed by atoms with Crippen molar-refractivity contribution in [2.24, 2.45) is 5.10 Å². The molecule has 0 fully saturated rings. The molecule has 2 N–H and O–H groups in total. The topological polar surface area (TPSA) is 132 Å². The van der Waals surface area contributed by atoms with Crippen LogP contribution in [0.3, 0.4) is 0 Å². The second-order valence-corrected chi connectivity index (χ2v) is 9.13. The molecule has 0 aliphatic heterocycles. The van der Waals surface area contributed by atoms with Gasteiger partial charge in [-0.3, -0.25) is 14.9 Å². The van der Waals surface area contributed by atoms with Crippen molar-refractivity contribution in [3.8, 4) is 22.1 Å². The van der Waals surface area contributed by atoms with E-state index in [9.17, 15) is 14.4 Å². The van der Waals surface area contributed by atoms with Crippen LogP contribution in [-0.2, 0) is 9.59 Å². The fourth-order valence-electron chi connectivity index (χ4n) is 2.94. The summed E-state index contributed by atoms with van der Waals surface area (Å²) in [6, 6.07) is 20.6. The van der Waals surface area contributed by atoms with Gasteiger partial charge in [0.1, 0.15) is 16.5 Å². The van der Waals surface area contributed by atoms with Crippen molar-refractivity contribution >= 4 is 56.4 Å². The van der Waals surface area contributed by atoms with E-state index in [1.807, 2.05) is 30.3 Å². The van der Waals surface area contributed by atoms with Crippen LogP contribution < -0.4 is 20.2 Å². The molecule has 0 radical (unpaired) electrons. The lowest BCUT2D eigenvalue weighted by Crippen LogP contribution is -2.32. The van der Waals surface area contributed by atoms with Gasteiger partial charge in [0, 0.05) is 15.6 Å². The predicted molar refractivity (Wildman–Crippen MR) is 142 cm³/mol. The van der Waals surface area contributed by atoms with E-state index in [1.165, 1.54) is 13.3 Å². The van der Waals surface area contributed by atoms with E-state index in [1.54, 1.807) is 42.5 Å². The zero-order chi connectivity index (χ0) is 26.2. The maximum absolute atomic E-state index is 12.5. The normalized spacial score (nSPS) is 10.6. The number of amides is 2. The van der Waals surface area contributed by atoms with E-state index >= 15 is 0 Å². The van der Waals surface area contributed by atoms with E-state index in [4.69, 9.17) is 9.47 Å². The lowest BCUT2D eigenvalue weighted by Gasteiger charge is -2.08. The number of aromatic nitrogens is 2. The number of hydrogen-bond acceptors (Lipinski definition) is 9. The van der Waals surface area contributed by atoms with Gasteiger partial charge < -0.3 is 9.47 Å². The second-order valence-electron chi connectivity index (χ2n) is 7.23. The van der Waals surface area contributed by atoms with Crippen LogP contribution in [0.1, 0.15) is 15.9 Å². The van der Waals surface area contributed by atoms with Crippen molar-refractivity contribution < 1.29 is 23.9 Å². The number of methoxy groups -OCH3 is 1. The number of halogens is 1. The van der Waals surface area contributed by atoms with Crippen LogP contribution in [0.5, 0.6) is 11.5 Å². The SMILES string of the molecule is COc1ccc(C(=O)Oc2ccc(Br)cc2/C=N\NC(=O)C(=O)Nc2nnc(-c3ccccc3)s2)cc1. The number of carbonyl (C=O) groups is 3. The lowest BCUT2D eigenvalue weighted by atomic mass is 10.2. The Bertz CT molecular complexity index is 1460. The Morgan fingerprint density at radius 2 is 1.73 bits per heavy atom. The number of ether oxygens (including phenoxy) is 2. The molecule has 0 saturated heterocycles. The number of esters is 1. The Kier molecular flexibility index (Phi) is 8.33. The number of carbonyl (C=O) groups excluding carboxylic acids is 3.